The molecule has 19 heavy (non-hydrogen) atoms. The zero-order valence-corrected chi connectivity index (χ0v) is 11.8. The molecule has 0 bridgehead atoms. The molecule has 0 aliphatic carbocycles. The number of hydrogen-bond acceptors (Lipinski definition) is 4. The lowest BCUT2D eigenvalue weighted by Crippen LogP contribution is -2.33. The molecule has 0 aromatic carbocycles. The Morgan fingerprint density at radius 3 is 2.68 bits per heavy atom. The van der Waals surface area contributed by atoms with Crippen LogP contribution in [0.1, 0.15) is 68.6 Å². The van der Waals surface area contributed by atoms with Gasteiger partial charge in [0.25, 0.3) is 5.91 Å². The van der Waals surface area contributed by atoms with Gasteiger partial charge in [0.2, 0.25) is 5.76 Å². The van der Waals surface area contributed by atoms with Crippen LogP contribution in [0.3, 0.4) is 0 Å². The lowest BCUT2D eigenvalue weighted by atomic mass is 9.99. The Balaban J connectivity index is 2.70. The molecule has 1 amide bonds. The predicted octanol–water partition coefficient (Wildman–Crippen LogP) is 3.00. The molecule has 5 heteroatoms. The fraction of sp³-hybridized carbons (Fsp3) is 0.643. The Hall–Kier alpha value is -1.83. The maximum Gasteiger partial charge on any atom is 0.290 e. The van der Waals surface area contributed by atoms with Crippen LogP contribution < -0.4 is 5.32 Å². The van der Waals surface area contributed by atoms with E-state index in [0.717, 1.165) is 25.0 Å². The van der Waals surface area contributed by atoms with Gasteiger partial charge in [0, 0.05) is 12.0 Å². The topological polar surface area (TPSA) is 78.9 Å². The van der Waals surface area contributed by atoms with E-state index >= 15 is 0 Å². The van der Waals surface area contributed by atoms with Crippen LogP contribution in [0.4, 0.5) is 0 Å². The summed E-state index contributed by atoms with van der Waals surface area (Å²) in [6.07, 6.45) is 3.39. The van der Waals surface area contributed by atoms with E-state index in [2.05, 4.69) is 30.4 Å². The summed E-state index contributed by atoms with van der Waals surface area (Å²) in [7, 11) is 0. The maximum absolute atomic E-state index is 11.9. The summed E-state index contributed by atoms with van der Waals surface area (Å²) in [5, 5.41) is 15.5. The first-order valence-electron chi connectivity index (χ1n) is 6.83. The van der Waals surface area contributed by atoms with Crippen molar-refractivity contribution >= 4 is 5.91 Å². The molecule has 0 fully saturated rings. The van der Waals surface area contributed by atoms with E-state index in [1.165, 1.54) is 0 Å². The number of amides is 1. The molecule has 1 aromatic rings. The predicted molar refractivity (Wildman–Crippen MR) is 71.6 cm³/mol. The Bertz CT molecular complexity index is 444. The third-order valence-corrected chi connectivity index (χ3v) is 3.19. The van der Waals surface area contributed by atoms with Gasteiger partial charge in [-0.25, -0.2) is 0 Å². The zero-order valence-electron chi connectivity index (χ0n) is 11.8. The third-order valence-electron chi connectivity index (χ3n) is 3.19. The molecule has 0 aliphatic heterocycles. The van der Waals surface area contributed by atoms with Crippen molar-refractivity contribution in [3.05, 3.63) is 17.5 Å². The molecule has 0 saturated carbocycles. The second-order valence-electron chi connectivity index (χ2n) is 4.57. The van der Waals surface area contributed by atoms with E-state index in [1.54, 1.807) is 6.07 Å². The van der Waals surface area contributed by atoms with E-state index in [4.69, 9.17) is 9.78 Å². The van der Waals surface area contributed by atoms with Gasteiger partial charge in [-0.1, -0.05) is 32.3 Å². The fourth-order valence-corrected chi connectivity index (χ4v) is 1.98. The van der Waals surface area contributed by atoms with Crippen LogP contribution in [0.25, 0.3) is 0 Å². The summed E-state index contributed by atoms with van der Waals surface area (Å²) < 4.78 is 5.06. The van der Waals surface area contributed by atoms with Crippen LogP contribution in [0, 0.1) is 11.3 Å². The van der Waals surface area contributed by atoms with Crippen LogP contribution >= 0.6 is 0 Å². The van der Waals surface area contributed by atoms with E-state index in [9.17, 15) is 4.79 Å². The van der Waals surface area contributed by atoms with Gasteiger partial charge in [-0.3, -0.25) is 4.79 Å². The fourth-order valence-electron chi connectivity index (χ4n) is 1.98. The second kappa shape index (κ2) is 7.57. The summed E-state index contributed by atoms with van der Waals surface area (Å²) in [5.74, 6) is 0.121. The van der Waals surface area contributed by atoms with Gasteiger partial charge < -0.3 is 9.84 Å². The molecule has 0 saturated heterocycles. The molecular formula is C14H21N3O2. The minimum absolute atomic E-state index is 0.179. The first-order chi connectivity index (χ1) is 9.15. The first kappa shape index (κ1) is 15.2. The molecule has 104 valence electrons. The van der Waals surface area contributed by atoms with Crippen molar-refractivity contribution in [1.29, 1.82) is 5.26 Å². The van der Waals surface area contributed by atoms with Crippen LogP contribution in [0.5, 0.6) is 0 Å². The number of rotatable bonds is 7. The normalized spacial score (nSPS) is 12.2. The minimum Gasteiger partial charge on any atom is -0.351 e. The van der Waals surface area contributed by atoms with Crippen molar-refractivity contribution in [3.8, 4) is 6.07 Å². The van der Waals surface area contributed by atoms with Crippen LogP contribution in [-0.4, -0.2) is 17.1 Å². The van der Waals surface area contributed by atoms with E-state index in [-0.39, 0.29) is 11.7 Å². The second-order valence-corrected chi connectivity index (χ2v) is 4.57. The Morgan fingerprint density at radius 2 is 2.16 bits per heavy atom. The van der Waals surface area contributed by atoms with Gasteiger partial charge in [0.15, 0.2) is 0 Å². The highest BCUT2D eigenvalue weighted by Gasteiger charge is 2.19. The molecule has 1 rings (SSSR count). The first-order valence-corrected chi connectivity index (χ1v) is 6.83. The van der Waals surface area contributed by atoms with Gasteiger partial charge in [-0.2, -0.15) is 5.26 Å². The number of hydrogen-bond donors (Lipinski definition) is 1. The maximum atomic E-state index is 11.9. The number of nitrogens with zero attached hydrogens (tertiary/aromatic N) is 2. The highest BCUT2D eigenvalue weighted by Crippen LogP contribution is 2.22. The Labute approximate surface area is 114 Å². The van der Waals surface area contributed by atoms with Crippen molar-refractivity contribution in [3.63, 3.8) is 0 Å². The quantitative estimate of drug-likeness (QED) is 0.820. The van der Waals surface area contributed by atoms with E-state index < -0.39 is 6.04 Å². The number of carbonyl (C=O) groups excluding carboxylic acids is 1. The van der Waals surface area contributed by atoms with Crippen LogP contribution in [-0.2, 0) is 0 Å². The lowest BCUT2D eigenvalue weighted by molar-refractivity contribution is 0.0906. The molecule has 1 aromatic heterocycles. The molecule has 0 spiro atoms. The molecule has 1 N–H and O–H groups in total. The number of nitrogens with one attached hydrogen (secondary N) is 1. The molecule has 1 atom stereocenters. The summed E-state index contributed by atoms with van der Waals surface area (Å²) in [5.41, 5.74) is 0.805. The lowest BCUT2D eigenvalue weighted by Gasteiger charge is -2.08. The largest absolute Gasteiger partial charge is 0.351 e. The average Bonchev–Trinajstić information content (AvgIpc) is 2.89. The van der Waals surface area contributed by atoms with Crippen LogP contribution in [0.15, 0.2) is 10.6 Å². The molecule has 0 radical (unpaired) electrons. The summed E-state index contributed by atoms with van der Waals surface area (Å²) in [6, 6.07) is 3.26. The molecule has 1 heterocycles. The van der Waals surface area contributed by atoms with E-state index in [0.29, 0.717) is 12.3 Å². The minimum atomic E-state index is -0.473. The Morgan fingerprint density at radius 1 is 1.47 bits per heavy atom. The zero-order chi connectivity index (χ0) is 14.3. The Kier molecular flexibility index (Phi) is 6.07. The van der Waals surface area contributed by atoms with Crippen molar-refractivity contribution in [2.24, 2.45) is 0 Å². The monoisotopic (exact) mass is 263 g/mol. The average molecular weight is 263 g/mol. The summed E-state index contributed by atoms with van der Waals surface area (Å²) >= 11 is 0. The molecule has 5 nitrogen and oxygen atoms in total. The molecule has 0 aliphatic rings. The van der Waals surface area contributed by atoms with Crippen molar-refractivity contribution < 1.29 is 9.32 Å². The van der Waals surface area contributed by atoms with Crippen molar-refractivity contribution in [2.75, 3.05) is 0 Å². The van der Waals surface area contributed by atoms with Gasteiger partial charge in [-0.15, -0.1) is 0 Å². The highest BCUT2D eigenvalue weighted by atomic mass is 16.5. The van der Waals surface area contributed by atoms with Crippen molar-refractivity contribution in [2.45, 2.75) is 58.4 Å². The van der Waals surface area contributed by atoms with Gasteiger partial charge in [0.05, 0.1) is 11.8 Å². The highest BCUT2D eigenvalue weighted by molar-refractivity contribution is 5.91. The molecular weight excluding hydrogens is 242 g/mol. The van der Waals surface area contributed by atoms with Crippen LogP contribution in [0.2, 0.25) is 0 Å². The molecule has 0 unspecified atom stereocenters. The van der Waals surface area contributed by atoms with Gasteiger partial charge >= 0.3 is 0 Å². The summed E-state index contributed by atoms with van der Waals surface area (Å²) in [4.78, 5) is 11.9. The van der Waals surface area contributed by atoms with Gasteiger partial charge in [-0.05, 0) is 19.3 Å². The standard InChI is InChI=1S/C14H21N3O2/c1-4-7-11(9-15)16-14(18)13-8-12(17-19-13)10(5-2)6-3/h8,10-11H,4-7H2,1-3H3,(H,16,18)/t11-/m1/s1. The van der Waals surface area contributed by atoms with Gasteiger partial charge in [0.1, 0.15) is 6.04 Å². The number of nitriles is 1. The number of aromatic nitrogens is 1. The third kappa shape index (κ3) is 4.09. The number of carbonyl (C=O) groups is 1. The smallest absolute Gasteiger partial charge is 0.290 e. The van der Waals surface area contributed by atoms with E-state index in [1.807, 2.05) is 6.92 Å². The summed E-state index contributed by atoms with van der Waals surface area (Å²) in [6.45, 7) is 6.13. The van der Waals surface area contributed by atoms with Crippen molar-refractivity contribution in [1.82, 2.24) is 10.5 Å². The SMILES string of the molecule is CCC[C@H](C#N)NC(=O)c1cc(C(CC)CC)no1.